The molecule has 1 aliphatic heterocycles. The molecule has 0 bridgehead atoms. The fraction of sp³-hybridized carbons (Fsp3) is 0.481. The van der Waals surface area contributed by atoms with Crippen molar-refractivity contribution in [2.45, 2.75) is 68.9 Å². The zero-order valence-electron chi connectivity index (χ0n) is 19.9. The van der Waals surface area contributed by atoms with Gasteiger partial charge in [-0.15, -0.1) is 0 Å². The average molecular weight is 515 g/mol. The molecule has 0 radical (unpaired) electrons. The standard InChI is InChI=1S/C27H31ClN2O6/c28-21-8-3-5-18(11-21)16-36-27(26(33)30-15-22-9-4-10-34-22)12-23(31)25(32)24(13-27)35-17-20-7-2-1-6-19(20)14-29/h1-3,5-8,11,22-25,31-32H,4,9-10,12-13,15-17H2,(H,30,33)/t22?,23-,24?,25-,27+/m1/s1. The lowest BCUT2D eigenvalue weighted by molar-refractivity contribution is -0.200. The molecule has 2 aromatic carbocycles. The summed E-state index contributed by atoms with van der Waals surface area (Å²) in [6.07, 6.45) is -1.68. The number of amides is 1. The molecule has 2 unspecified atom stereocenters. The first-order valence-corrected chi connectivity index (χ1v) is 12.5. The first-order valence-electron chi connectivity index (χ1n) is 12.1. The van der Waals surface area contributed by atoms with Gasteiger partial charge in [-0.2, -0.15) is 5.26 Å². The van der Waals surface area contributed by atoms with E-state index in [1.54, 1.807) is 42.5 Å². The number of halogens is 1. The average Bonchev–Trinajstić information content (AvgIpc) is 3.41. The molecule has 4 rings (SSSR count). The van der Waals surface area contributed by atoms with Gasteiger partial charge in [0.15, 0.2) is 5.60 Å². The third-order valence-corrected chi connectivity index (χ3v) is 7.00. The molecule has 192 valence electrons. The Balaban J connectivity index is 1.53. The van der Waals surface area contributed by atoms with Crippen molar-refractivity contribution in [1.82, 2.24) is 5.32 Å². The number of hydrogen-bond donors (Lipinski definition) is 3. The quantitative estimate of drug-likeness (QED) is 0.470. The van der Waals surface area contributed by atoms with Crippen LogP contribution in [0, 0.1) is 11.3 Å². The second-order valence-corrected chi connectivity index (χ2v) is 9.78. The second kappa shape index (κ2) is 12.2. The van der Waals surface area contributed by atoms with Gasteiger partial charge in [-0.3, -0.25) is 4.79 Å². The Morgan fingerprint density at radius 3 is 2.78 bits per heavy atom. The number of carbonyl (C=O) groups is 1. The Bertz CT molecular complexity index is 1090. The highest BCUT2D eigenvalue weighted by Crippen LogP contribution is 2.36. The topological polar surface area (TPSA) is 121 Å². The number of benzene rings is 2. The van der Waals surface area contributed by atoms with E-state index in [1.807, 2.05) is 6.07 Å². The lowest BCUT2D eigenvalue weighted by Gasteiger charge is -2.44. The predicted molar refractivity (Wildman–Crippen MR) is 132 cm³/mol. The summed E-state index contributed by atoms with van der Waals surface area (Å²) < 4.78 is 17.8. The number of nitrogens with zero attached hydrogens (tertiary/aromatic N) is 1. The molecule has 1 heterocycles. The number of rotatable bonds is 9. The summed E-state index contributed by atoms with van der Waals surface area (Å²) in [6, 6.07) is 16.3. The van der Waals surface area contributed by atoms with E-state index >= 15 is 0 Å². The largest absolute Gasteiger partial charge is 0.390 e. The lowest BCUT2D eigenvalue weighted by atomic mass is 9.78. The van der Waals surface area contributed by atoms with Crippen LogP contribution in [0.15, 0.2) is 48.5 Å². The van der Waals surface area contributed by atoms with Crippen LogP contribution in [0.1, 0.15) is 42.4 Å². The van der Waals surface area contributed by atoms with Crippen LogP contribution in [-0.2, 0) is 32.2 Å². The zero-order valence-corrected chi connectivity index (χ0v) is 20.7. The van der Waals surface area contributed by atoms with Gasteiger partial charge in [-0.05, 0) is 42.2 Å². The van der Waals surface area contributed by atoms with Gasteiger partial charge in [0.05, 0.1) is 43.2 Å². The van der Waals surface area contributed by atoms with Crippen molar-refractivity contribution in [2.75, 3.05) is 13.2 Å². The molecule has 36 heavy (non-hydrogen) atoms. The number of aliphatic hydroxyl groups excluding tert-OH is 2. The number of nitrogens with one attached hydrogen (secondary N) is 1. The SMILES string of the molecule is N#Cc1ccccc1COC1C[C@](OCc2cccc(Cl)c2)(C(=O)NCC2CCCO2)C[C@@H](O)[C@H]1O. The van der Waals surface area contributed by atoms with Gasteiger partial charge in [-0.25, -0.2) is 0 Å². The van der Waals surface area contributed by atoms with E-state index in [0.717, 1.165) is 18.4 Å². The normalized spacial score (nSPS) is 27.9. The number of aliphatic hydroxyl groups is 2. The smallest absolute Gasteiger partial charge is 0.252 e. The van der Waals surface area contributed by atoms with Crippen molar-refractivity contribution >= 4 is 17.5 Å². The van der Waals surface area contributed by atoms with E-state index in [0.29, 0.717) is 29.3 Å². The van der Waals surface area contributed by atoms with Crippen LogP contribution in [0.2, 0.25) is 5.02 Å². The molecule has 8 nitrogen and oxygen atoms in total. The highest BCUT2D eigenvalue weighted by atomic mass is 35.5. The minimum atomic E-state index is -1.45. The first-order chi connectivity index (χ1) is 17.4. The maximum absolute atomic E-state index is 13.5. The minimum absolute atomic E-state index is 0.0257. The van der Waals surface area contributed by atoms with E-state index < -0.39 is 29.8 Å². The lowest BCUT2D eigenvalue weighted by Crippen LogP contribution is -2.61. The Kier molecular flexibility index (Phi) is 8.96. The summed E-state index contributed by atoms with van der Waals surface area (Å²) >= 11 is 6.11. The molecule has 0 spiro atoms. The molecule has 5 atom stereocenters. The molecule has 2 fully saturated rings. The zero-order chi connectivity index (χ0) is 25.5. The molecule has 1 saturated carbocycles. The van der Waals surface area contributed by atoms with Crippen LogP contribution in [0.3, 0.4) is 0 Å². The van der Waals surface area contributed by atoms with Gasteiger partial charge in [-0.1, -0.05) is 41.9 Å². The van der Waals surface area contributed by atoms with E-state index in [1.165, 1.54) is 0 Å². The Labute approximate surface area is 215 Å². The summed E-state index contributed by atoms with van der Waals surface area (Å²) in [5.74, 6) is -0.392. The van der Waals surface area contributed by atoms with Crippen molar-refractivity contribution < 1.29 is 29.2 Å². The monoisotopic (exact) mass is 514 g/mol. The number of nitriles is 1. The molecule has 9 heteroatoms. The third kappa shape index (κ3) is 6.43. The van der Waals surface area contributed by atoms with Crippen molar-refractivity contribution in [1.29, 1.82) is 5.26 Å². The van der Waals surface area contributed by atoms with Gasteiger partial charge in [0.25, 0.3) is 5.91 Å². The van der Waals surface area contributed by atoms with Crippen molar-refractivity contribution in [2.24, 2.45) is 0 Å². The fourth-order valence-electron chi connectivity index (χ4n) is 4.73. The summed E-state index contributed by atoms with van der Waals surface area (Å²) in [5.41, 5.74) is 0.440. The van der Waals surface area contributed by atoms with Crippen LogP contribution in [-0.4, -0.2) is 59.3 Å². The van der Waals surface area contributed by atoms with E-state index in [-0.39, 0.29) is 32.2 Å². The molecule has 0 aromatic heterocycles. The molecular formula is C27H31ClN2O6. The third-order valence-electron chi connectivity index (χ3n) is 6.77. The first kappa shape index (κ1) is 26.6. The van der Waals surface area contributed by atoms with Gasteiger partial charge < -0.3 is 29.7 Å². The summed E-state index contributed by atoms with van der Waals surface area (Å²) in [7, 11) is 0. The Morgan fingerprint density at radius 2 is 2.03 bits per heavy atom. The van der Waals surface area contributed by atoms with Crippen molar-refractivity contribution in [3.05, 3.63) is 70.2 Å². The second-order valence-electron chi connectivity index (χ2n) is 9.34. The maximum atomic E-state index is 13.5. The fourth-order valence-corrected chi connectivity index (χ4v) is 4.95. The van der Waals surface area contributed by atoms with Gasteiger partial charge >= 0.3 is 0 Å². The van der Waals surface area contributed by atoms with Crippen molar-refractivity contribution in [3.63, 3.8) is 0 Å². The Morgan fingerprint density at radius 1 is 1.19 bits per heavy atom. The number of hydrogen-bond acceptors (Lipinski definition) is 7. The summed E-state index contributed by atoms with van der Waals surface area (Å²) in [6.45, 7) is 1.13. The minimum Gasteiger partial charge on any atom is -0.390 e. The molecule has 1 aliphatic carbocycles. The van der Waals surface area contributed by atoms with E-state index in [4.69, 9.17) is 25.8 Å². The van der Waals surface area contributed by atoms with Crippen LogP contribution in [0.4, 0.5) is 0 Å². The highest BCUT2D eigenvalue weighted by Gasteiger charge is 2.51. The summed E-state index contributed by atoms with van der Waals surface area (Å²) in [4.78, 5) is 13.5. The molecule has 2 aromatic rings. The molecule has 1 saturated heterocycles. The molecule has 1 amide bonds. The van der Waals surface area contributed by atoms with Crippen LogP contribution in [0.25, 0.3) is 0 Å². The number of carbonyl (C=O) groups excluding carboxylic acids is 1. The maximum Gasteiger partial charge on any atom is 0.252 e. The van der Waals surface area contributed by atoms with Crippen molar-refractivity contribution in [3.8, 4) is 6.07 Å². The Hall–Kier alpha value is -2.51. The summed E-state index contributed by atoms with van der Waals surface area (Å²) in [5, 5.41) is 34.3. The van der Waals surface area contributed by atoms with Crippen LogP contribution in [0.5, 0.6) is 0 Å². The van der Waals surface area contributed by atoms with Crippen LogP contribution >= 0.6 is 11.6 Å². The predicted octanol–water partition coefficient (Wildman–Crippen LogP) is 2.86. The van der Waals surface area contributed by atoms with E-state index in [2.05, 4.69) is 11.4 Å². The highest BCUT2D eigenvalue weighted by molar-refractivity contribution is 6.30. The van der Waals surface area contributed by atoms with Gasteiger partial charge in [0, 0.05) is 31.0 Å². The molecular weight excluding hydrogens is 484 g/mol. The molecule has 2 aliphatic rings. The molecule has 3 N–H and O–H groups in total. The van der Waals surface area contributed by atoms with E-state index in [9.17, 15) is 20.3 Å². The number of ether oxygens (including phenoxy) is 3. The van der Waals surface area contributed by atoms with Gasteiger partial charge in [0.1, 0.15) is 6.10 Å². The van der Waals surface area contributed by atoms with Crippen LogP contribution < -0.4 is 5.32 Å². The van der Waals surface area contributed by atoms with Gasteiger partial charge in [0.2, 0.25) is 0 Å².